The normalized spacial score (nSPS) is 11.1. The Morgan fingerprint density at radius 2 is 1.73 bits per heavy atom. The lowest BCUT2D eigenvalue weighted by Crippen LogP contribution is -2.26. The van der Waals surface area contributed by atoms with Crippen LogP contribution in [0, 0.1) is 13.8 Å². The van der Waals surface area contributed by atoms with Crippen molar-refractivity contribution in [2.45, 2.75) is 40.2 Å². The van der Waals surface area contributed by atoms with Crippen molar-refractivity contribution in [3.63, 3.8) is 0 Å². The molecule has 1 amide bonds. The first-order chi connectivity index (χ1) is 10.2. The Labute approximate surface area is 132 Å². The van der Waals surface area contributed by atoms with Crippen molar-refractivity contribution < 1.29 is 4.79 Å². The molecule has 3 nitrogen and oxygen atoms in total. The first-order valence-electron chi connectivity index (χ1n) is 7.51. The third-order valence-corrected chi connectivity index (χ3v) is 3.29. The third-order valence-electron chi connectivity index (χ3n) is 3.29. The van der Waals surface area contributed by atoms with Gasteiger partial charge in [-0.2, -0.15) is 0 Å². The minimum absolute atomic E-state index is 0.0452. The predicted octanol–water partition coefficient (Wildman–Crippen LogP) is 4.77. The van der Waals surface area contributed by atoms with E-state index < -0.39 is 0 Å². The number of amides is 1. The lowest BCUT2D eigenvalue weighted by Gasteiger charge is -2.24. The lowest BCUT2D eigenvalue weighted by atomic mass is 10.0. The highest BCUT2D eigenvalue weighted by Gasteiger charge is 2.13. The van der Waals surface area contributed by atoms with Crippen LogP contribution in [0.25, 0.3) is 0 Å². The number of carbonyl (C=O) groups excluding carboxylic acids is 1. The molecule has 2 rings (SSSR count). The molecule has 2 aromatic rings. The van der Waals surface area contributed by atoms with Crippen molar-refractivity contribution in [2.75, 3.05) is 10.6 Å². The smallest absolute Gasteiger partial charge is 0.255 e. The first kappa shape index (κ1) is 16.1. The van der Waals surface area contributed by atoms with Gasteiger partial charge in [-0.25, -0.2) is 0 Å². The van der Waals surface area contributed by atoms with Gasteiger partial charge in [-0.1, -0.05) is 18.2 Å². The van der Waals surface area contributed by atoms with Crippen LogP contribution in [0.4, 0.5) is 11.4 Å². The van der Waals surface area contributed by atoms with E-state index >= 15 is 0 Å². The molecule has 3 heteroatoms. The van der Waals surface area contributed by atoms with Crippen molar-refractivity contribution >= 4 is 17.3 Å². The zero-order valence-electron chi connectivity index (χ0n) is 13.9. The summed E-state index contributed by atoms with van der Waals surface area (Å²) in [5.41, 5.74) is 4.66. The predicted molar refractivity (Wildman–Crippen MR) is 93.7 cm³/mol. The van der Waals surface area contributed by atoms with E-state index in [-0.39, 0.29) is 11.4 Å². The summed E-state index contributed by atoms with van der Waals surface area (Å²) in [4.78, 5) is 12.4. The molecule has 0 saturated heterocycles. The van der Waals surface area contributed by atoms with Crippen molar-refractivity contribution in [1.82, 2.24) is 0 Å². The number of hydrogen-bond acceptors (Lipinski definition) is 2. The Morgan fingerprint density at radius 3 is 2.36 bits per heavy atom. The molecule has 22 heavy (non-hydrogen) atoms. The average Bonchev–Trinajstić information content (AvgIpc) is 2.39. The number of carbonyl (C=O) groups is 1. The molecule has 0 radical (unpaired) electrons. The van der Waals surface area contributed by atoms with Crippen molar-refractivity contribution in [1.29, 1.82) is 0 Å². The lowest BCUT2D eigenvalue weighted by molar-refractivity contribution is 0.102. The molecule has 116 valence electrons. The van der Waals surface area contributed by atoms with Gasteiger partial charge in [0, 0.05) is 22.5 Å². The van der Waals surface area contributed by atoms with E-state index in [1.807, 2.05) is 56.3 Å². The summed E-state index contributed by atoms with van der Waals surface area (Å²) in [6, 6.07) is 13.5. The van der Waals surface area contributed by atoms with Gasteiger partial charge in [0.15, 0.2) is 0 Å². The van der Waals surface area contributed by atoms with Crippen LogP contribution < -0.4 is 10.6 Å². The number of rotatable bonds is 3. The maximum atomic E-state index is 12.4. The molecule has 0 saturated carbocycles. The van der Waals surface area contributed by atoms with E-state index in [1.54, 1.807) is 0 Å². The molecule has 0 spiro atoms. The van der Waals surface area contributed by atoms with Gasteiger partial charge in [-0.3, -0.25) is 4.79 Å². The SMILES string of the molecule is Cc1cccc(NC(=O)c2ccc(C)c(NC(C)(C)C)c2)c1. The molecule has 0 aliphatic heterocycles. The number of anilines is 2. The van der Waals surface area contributed by atoms with Crippen molar-refractivity contribution in [2.24, 2.45) is 0 Å². The van der Waals surface area contributed by atoms with Crippen LogP contribution in [-0.2, 0) is 0 Å². The van der Waals surface area contributed by atoms with Crippen LogP contribution in [0.3, 0.4) is 0 Å². The third kappa shape index (κ3) is 4.35. The van der Waals surface area contributed by atoms with Crippen LogP contribution >= 0.6 is 0 Å². The van der Waals surface area contributed by atoms with E-state index in [1.165, 1.54) is 0 Å². The van der Waals surface area contributed by atoms with Gasteiger partial charge < -0.3 is 10.6 Å². The highest BCUT2D eigenvalue weighted by atomic mass is 16.1. The van der Waals surface area contributed by atoms with Gasteiger partial charge in [0.25, 0.3) is 5.91 Å². The Balaban J connectivity index is 2.21. The van der Waals surface area contributed by atoms with Crippen molar-refractivity contribution in [3.05, 3.63) is 59.2 Å². The summed E-state index contributed by atoms with van der Waals surface area (Å²) in [7, 11) is 0. The fourth-order valence-electron chi connectivity index (χ4n) is 2.23. The zero-order chi connectivity index (χ0) is 16.3. The molecule has 0 aliphatic rings. The maximum absolute atomic E-state index is 12.4. The molecular formula is C19H24N2O. The van der Waals surface area contributed by atoms with E-state index in [2.05, 4.69) is 31.4 Å². The van der Waals surface area contributed by atoms with E-state index in [4.69, 9.17) is 0 Å². The Kier molecular flexibility index (Phi) is 4.55. The average molecular weight is 296 g/mol. The summed E-state index contributed by atoms with van der Waals surface area (Å²) in [6.07, 6.45) is 0. The van der Waals surface area contributed by atoms with Gasteiger partial charge >= 0.3 is 0 Å². The Morgan fingerprint density at radius 1 is 1.00 bits per heavy atom. The summed E-state index contributed by atoms with van der Waals surface area (Å²) < 4.78 is 0. The quantitative estimate of drug-likeness (QED) is 0.857. The number of benzene rings is 2. The fourth-order valence-corrected chi connectivity index (χ4v) is 2.23. The summed E-state index contributed by atoms with van der Waals surface area (Å²) in [5.74, 6) is -0.0949. The largest absolute Gasteiger partial charge is 0.380 e. The zero-order valence-corrected chi connectivity index (χ0v) is 13.9. The van der Waals surface area contributed by atoms with E-state index in [0.29, 0.717) is 5.56 Å². The monoisotopic (exact) mass is 296 g/mol. The second-order valence-electron chi connectivity index (χ2n) is 6.73. The molecule has 2 aromatic carbocycles. The molecule has 0 aromatic heterocycles. The summed E-state index contributed by atoms with van der Waals surface area (Å²) >= 11 is 0. The molecule has 0 heterocycles. The van der Waals surface area contributed by atoms with E-state index in [0.717, 1.165) is 22.5 Å². The van der Waals surface area contributed by atoms with Gasteiger partial charge in [0.1, 0.15) is 0 Å². The fraction of sp³-hybridized carbons (Fsp3) is 0.316. The first-order valence-corrected chi connectivity index (χ1v) is 7.51. The second kappa shape index (κ2) is 6.22. The Hall–Kier alpha value is -2.29. The number of aryl methyl sites for hydroxylation is 2. The molecule has 2 N–H and O–H groups in total. The van der Waals surface area contributed by atoms with Gasteiger partial charge in [-0.05, 0) is 70.0 Å². The Bertz CT molecular complexity index is 684. The molecule has 0 atom stereocenters. The van der Waals surface area contributed by atoms with Gasteiger partial charge in [0.05, 0.1) is 0 Å². The second-order valence-corrected chi connectivity index (χ2v) is 6.73. The standard InChI is InChI=1S/C19H24N2O/c1-13-7-6-8-16(11-13)20-18(22)15-10-9-14(2)17(12-15)21-19(3,4)5/h6-12,21H,1-5H3,(H,20,22). The highest BCUT2D eigenvalue weighted by Crippen LogP contribution is 2.22. The maximum Gasteiger partial charge on any atom is 0.255 e. The van der Waals surface area contributed by atoms with Crippen LogP contribution in [-0.4, -0.2) is 11.4 Å². The van der Waals surface area contributed by atoms with Crippen LogP contribution in [0.1, 0.15) is 42.3 Å². The molecule has 0 bridgehead atoms. The summed E-state index contributed by atoms with van der Waals surface area (Å²) in [5, 5.41) is 6.38. The minimum Gasteiger partial charge on any atom is -0.380 e. The van der Waals surface area contributed by atoms with Crippen LogP contribution in [0.15, 0.2) is 42.5 Å². The molecule has 0 unspecified atom stereocenters. The van der Waals surface area contributed by atoms with Gasteiger partial charge in [0.2, 0.25) is 0 Å². The van der Waals surface area contributed by atoms with Crippen LogP contribution in [0.2, 0.25) is 0 Å². The molecule has 0 aliphatic carbocycles. The minimum atomic E-state index is -0.0949. The molecular weight excluding hydrogens is 272 g/mol. The number of hydrogen-bond donors (Lipinski definition) is 2. The van der Waals surface area contributed by atoms with Gasteiger partial charge in [-0.15, -0.1) is 0 Å². The van der Waals surface area contributed by atoms with Crippen molar-refractivity contribution in [3.8, 4) is 0 Å². The highest BCUT2D eigenvalue weighted by molar-refractivity contribution is 6.05. The molecule has 0 fully saturated rings. The number of nitrogens with one attached hydrogen (secondary N) is 2. The summed E-state index contributed by atoms with van der Waals surface area (Å²) in [6.45, 7) is 10.4. The van der Waals surface area contributed by atoms with Crippen LogP contribution in [0.5, 0.6) is 0 Å². The topological polar surface area (TPSA) is 41.1 Å². The van der Waals surface area contributed by atoms with E-state index in [9.17, 15) is 4.79 Å².